The molecule has 6 heteroatoms. The number of hydrogen-bond donors (Lipinski definition) is 3. The molecule has 142 valence electrons. The van der Waals surface area contributed by atoms with Crippen molar-refractivity contribution in [1.29, 1.82) is 0 Å². The third-order valence-corrected chi connectivity index (χ3v) is 5.25. The van der Waals surface area contributed by atoms with E-state index in [1.165, 1.54) is 30.0 Å². The number of carbonyl (C=O) groups excluding carboxylic acids is 2. The van der Waals surface area contributed by atoms with Gasteiger partial charge in [-0.15, -0.1) is 0 Å². The Kier molecular flexibility index (Phi) is 6.01. The van der Waals surface area contributed by atoms with Crippen molar-refractivity contribution < 1.29 is 9.59 Å². The highest BCUT2D eigenvalue weighted by Gasteiger charge is 2.21. The smallest absolute Gasteiger partial charge is 0.313 e. The summed E-state index contributed by atoms with van der Waals surface area (Å²) in [6.45, 7) is 1.99. The number of anilines is 2. The fourth-order valence-electron chi connectivity index (χ4n) is 3.43. The van der Waals surface area contributed by atoms with Crippen molar-refractivity contribution in [2.24, 2.45) is 0 Å². The van der Waals surface area contributed by atoms with E-state index in [-0.39, 0.29) is 11.1 Å². The number of hydrogen-bond acceptors (Lipinski definition) is 3. The molecular formula is C21H24ClN3O2. The molecule has 5 nitrogen and oxygen atoms in total. The van der Waals surface area contributed by atoms with Crippen molar-refractivity contribution in [2.45, 2.75) is 45.1 Å². The molecule has 27 heavy (non-hydrogen) atoms. The first-order chi connectivity index (χ1) is 13.0. The third-order valence-electron chi connectivity index (χ3n) is 4.94. The van der Waals surface area contributed by atoms with E-state index in [9.17, 15) is 9.59 Å². The molecule has 0 saturated heterocycles. The molecule has 0 aliphatic heterocycles. The predicted molar refractivity (Wildman–Crippen MR) is 109 cm³/mol. The number of aryl methyl sites for hydroxylation is 2. The fourth-order valence-corrected chi connectivity index (χ4v) is 3.66. The molecule has 0 radical (unpaired) electrons. The monoisotopic (exact) mass is 385 g/mol. The molecular weight excluding hydrogens is 362 g/mol. The van der Waals surface area contributed by atoms with Crippen LogP contribution in [0.2, 0.25) is 5.02 Å². The van der Waals surface area contributed by atoms with Crippen LogP contribution in [0.4, 0.5) is 11.4 Å². The Balaban J connectivity index is 1.68. The van der Waals surface area contributed by atoms with Crippen molar-refractivity contribution in [3.63, 3.8) is 0 Å². The number of halogens is 1. The van der Waals surface area contributed by atoms with Gasteiger partial charge in [0, 0.05) is 5.69 Å². The normalized spacial score (nSPS) is 14.1. The molecule has 2 amide bonds. The standard InChI is InChI=1S/C21H24ClN3O2/c1-2-18(15-8-7-13-5-3-4-6-14(13)11-15)24-20(26)21(27)25-19-10-9-16(23)12-17(19)22/h7-12,18H,2-6,23H2,1H3,(H,24,26)(H,25,27). The molecule has 1 aliphatic carbocycles. The minimum absolute atomic E-state index is 0.211. The lowest BCUT2D eigenvalue weighted by atomic mass is 9.89. The Morgan fingerprint density at radius 3 is 2.52 bits per heavy atom. The van der Waals surface area contributed by atoms with Gasteiger partial charge in [-0.1, -0.05) is 36.7 Å². The molecule has 0 bridgehead atoms. The van der Waals surface area contributed by atoms with Crippen LogP contribution in [-0.2, 0) is 22.4 Å². The zero-order valence-corrected chi connectivity index (χ0v) is 16.1. The SMILES string of the molecule is CCC(NC(=O)C(=O)Nc1ccc(N)cc1Cl)c1ccc2c(c1)CCCC2. The first-order valence-corrected chi connectivity index (χ1v) is 9.64. The van der Waals surface area contributed by atoms with E-state index in [0.29, 0.717) is 17.8 Å². The van der Waals surface area contributed by atoms with Gasteiger partial charge in [-0.25, -0.2) is 0 Å². The molecule has 1 aliphatic rings. The van der Waals surface area contributed by atoms with Gasteiger partial charge in [-0.2, -0.15) is 0 Å². The van der Waals surface area contributed by atoms with E-state index >= 15 is 0 Å². The largest absolute Gasteiger partial charge is 0.399 e. The molecule has 0 spiro atoms. The third kappa shape index (κ3) is 4.61. The van der Waals surface area contributed by atoms with Gasteiger partial charge in [0.1, 0.15) is 0 Å². The second-order valence-electron chi connectivity index (χ2n) is 6.86. The van der Waals surface area contributed by atoms with Gasteiger partial charge in [-0.05, 0) is 67.0 Å². The lowest BCUT2D eigenvalue weighted by molar-refractivity contribution is -0.136. The molecule has 2 aromatic rings. The van der Waals surface area contributed by atoms with E-state index in [1.807, 2.05) is 13.0 Å². The van der Waals surface area contributed by atoms with Gasteiger partial charge in [-0.3, -0.25) is 9.59 Å². The predicted octanol–water partition coefficient (Wildman–Crippen LogP) is 4.01. The zero-order chi connectivity index (χ0) is 19.4. The summed E-state index contributed by atoms with van der Waals surface area (Å²) in [6, 6.07) is 10.9. The number of carbonyl (C=O) groups is 2. The van der Waals surface area contributed by atoms with E-state index in [0.717, 1.165) is 18.4 Å². The first kappa shape index (κ1) is 19.2. The van der Waals surface area contributed by atoms with Crippen LogP contribution in [0.15, 0.2) is 36.4 Å². The quantitative estimate of drug-likeness (QED) is 0.549. The zero-order valence-electron chi connectivity index (χ0n) is 15.3. The number of nitrogens with one attached hydrogen (secondary N) is 2. The molecule has 4 N–H and O–H groups in total. The van der Waals surface area contributed by atoms with Crippen LogP contribution in [-0.4, -0.2) is 11.8 Å². The minimum Gasteiger partial charge on any atom is -0.399 e. The van der Waals surface area contributed by atoms with Crippen LogP contribution in [0.5, 0.6) is 0 Å². The summed E-state index contributed by atoms with van der Waals surface area (Å²) in [5.74, 6) is -1.44. The Hall–Kier alpha value is -2.53. The van der Waals surface area contributed by atoms with Gasteiger partial charge in [0.05, 0.1) is 16.8 Å². The van der Waals surface area contributed by atoms with Crippen LogP contribution < -0.4 is 16.4 Å². The number of fused-ring (bicyclic) bond motifs is 1. The van der Waals surface area contributed by atoms with Gasteiger partial charge in [0.2, 0.25) is 0 Å². The fraction of sp³-hybridized carbons (Fsp3) is 0.333. The summed E-state index contributed by atoms with van der Waals surface area (Å²) in [7, 11) is 0. The molecule has 1 unspecified atom stereocenters. The molecule has 3 rings (SSSR count). The van der Waals surface area contributed by atoms with Crippen LogP contribution in [0.25, 0.3) is 0 Å². The second-order valence-corrected chi connectivity index (χ2v) is 7.27. The molecule has 0 saturated carbocycles. The van der Waals surface area contributed by atoms with Gasteiger partial charge in [0.15, 0.2) is 0 Å². The van der Waals surface area contributed by atoms with Gasteiger partial charge >= 0.3 is 11.8 Å². The Morgan fingerprint density at radius 2 is 1.81 bits per heavy atom. The summed E-state index contributed by atoms with van der Waals surface area (Å²) in [6.07, 6.45) is 5.31. The van der Waals surface area contributed by atoms with Crippen LogP contribution >= 0.6 is 11.6 Å². The van der Waals surface area contributed by atoms with Gasteiger partial charge < -0.3 is 16.4 Å². The van der Waals surface area contributed by atoms with E-state index in [4.69, 9.17) is 17.3 Å². The first-order valence-electron chi connectivity index (χ1n) is 9.26. The second kappa shape index (κ2) is 8.44. The number of nitrogen functional groups attached to an aromatic ring is 1. The highest BCUT2D eigenvalue weighted by Crippen LogP contribution is 2.26. The topological polar surface area (TPSA) is 84.2 Å². The Labute approximate surface area is 164 Å². The summed E-state index contributed by atoms with van der Waals surface area (Å²) < 4.78 is 0. The summed E-state index contributed by atoms with van der Waals surface area (Å²) in [4.78, 5) is 24.6. The van der Waals surface area contributed by atoms with E-state index in [1.54, 1.807) is 12.1 Å². The summed E-state index contributed by atoms with van der Waals surface area (Å²) >= 11 is 6.05. The van der Waals surface area contributed by atoms with Crippen molar-refractivity contribution >= 4 is 34.8 Å². The van der Waals surface area contributed by atoms with Crippen molar-refractivity contribution in [2.75, 3.05) is 11.1 Å². The lowest BCUT2D eigenvalue weighted by Gasteiger charge is -2.21. The van der Waals surface area contributed by atoms with Gasteiger partial charge in [0.25, 0.3) is 0 Å². The maximum Gasteiger partial charge on any atom is 0.313 e. The van der Waals surface area contributed by atoms with E-state index in [2.05, 4.69) is 22.8 Å². The van der Waals surface area contributed by atoms with Crippen molar-refractivity contribution in [1.82, 2.24) is 5.32 Å². The van der Waals surface area contributed by atoms with Crippen LogP contribution in [0.3, 0.4) is 0 Å². The summed E-state index contributed by atoms with van der Waals surface area (Å²) in [5.41, 5.74) is 10.3. The maximum atomic E-state index is 12.4. The van der Waals surface area contributed by atoms with E-state index < -0.39 is 11.8 Å². The Bertz CT molecular complexity index is 867. The average molecular weight is 386 g/mol. The van der Waals surface area contributed by atoms with Crippen molar-refractivity contribution in [3.8, 4) is 0 Å². The Morgan fingerprint density at radius 1 is 1.07 bits per heavy atom. The molecule has 1 atom stereocenters. The molecule has 0 heterocycles. The highest BCUT2D eigenvalue weighted by molar-refractivity contribution is 6.41. The maximum absolute atomic E-state index is 12.4. The molecule has 0 fully saturated rings. The van der Waals surface area contributed by atoms with Crippen molar-refractivity contribution in [3.05, 3.63) is 58.1 Å². The number of rotatable bonds is 4. The molecule has 2 aromatic carbocycles. The highest BCUT2D eigenvalue weighted by atomic mass is 35.5. The molecule has 0 aromatic heterocycles. The summed E-state index contributed by atoms with van der Waals surface area (Å²) in [5, 5.41) is 5.64. The number of benzene rings is 2. The van der Waals surface area contributed by atoms with Crippen LogP contribution in [0.1, 0.15) is 48.9 Å². The average Bonchev–Trinajstić information content (AvgIpc) is 2.67. The number of nitrogens with two attached hydrogens (primary N) is 1. The lowest BCUT2D eigenvalue weighted by Crippen LogP contribution is -2.37. The van der Waals surface area contributed by atoms with Crippen LogP contribution in [0, 0.1) is 0 Å². The number of amides is 2. The minimum atomic E-state index is -0.752.